The molecule has 3 rings (SSSR count). The van der Waals surface area contributed by atoms with Crippen LogP contribution in [0.5, 0.6) is 0 Å². The molecular formula is C27H52NO16+. The molecule has 0 aliphatic carbocycles. The van der Waals surface area contributed by atoms with Gasteiger partial charge in [-0.1, -0.05) is 0 Å². The van der Waals surface area contributed by atoms with Crippen LogP contribution < -0.4 is 0 Å². The van der Waals surface area contributed by atoms with Crippen molar-refractivity contribution in [2.45, 2.75) is 98.9 Å². The molecule has 0 aromatic heterocycles. The molecule has 3 heterocycles. The van der Waals surface area contributed by atoms with Crippen molar-refractivity contribution in [3.05, 3.63) is 0 Å². The lowest BCUT2D eigenvalue weighted by Crippen LogP contribution is -2.64. The highest BCUT2D eigenvalue weighted by Gasteiger charge is 2.51. The number of ether oxygens (including phenoxy) is 7. The second-order valence-electron chi connectivity index (χ2n) is 12.7. The van der Waals surface area contributed by atoms with Crippen LogP contribution in [0, 0.1) is 5.92 Å². The Morgan fingerprint density at radius 1 is 0.705 bits per heavy atom. The summed E-state index contributed by atoms with van der Waals surface area (Å²) in [5, 5.41) is 93.4. The molecule has 0 spiro atoms. The number of likely N-dealkylation sites (N-methyl/N-ethyl adjacent to an activating group) is 1. The van der Waals surface area contributed by atoms with Gasteiger partial charge >= 0.3 is 0 Å². The number of quaternary nitrogens is 1. The third-order valence-electron chi connectivity index (χ3n) is 8.17. The van der Waals surface area contributed by atoms with Crippen LogP contribution in [0.4, 0.5) is 0 Å². The predicted molar refractivity (Wildman–Crippen MR) is 147 cm³/mol. The largest absolute Gasteiger partial charge is 0.396 e. The van der Waals surface area contributed by atoms with Crippen LogP contribution in [0.3, 0.4) is 0 Å². The molecule has 0 aromatic carbocycles. The molecule has 44 heavy (non-hydrogen) atoms. The van der Waals surface area contributed by atoms with E-state index >= 15 is 0 Å². The first-order valence-corrected chi connectivity index (χ1v) is 14.8. The first-order valence-electron chi connectivity index (χ1n) is 14.8. The topological polar surface area (TPSA) is 247 Å². The van der Waals surface area contributed by atoms with Gasteiger partial charge in [-0.15, -0.1) is 0 Å². The van der Waals surface area contributed by atoms with Gasteiger partial charge in [-0.2, -0.15) is 0 Å². The lowest BCUT2D eigenvalue weighted by molar-refractivity contribution is -0.873. The molecule has 0 aromatic rings. The molecule has 0 amide bonds. The molecule has 10 unspecified atom stereocenters. The molecule has 3 fully saturated rings. The standard InChI is InChI=1S/C27H52NO16/c1-12-14(7-29)18(32)25(15(8-30)41-12)44-27-23(37)21(35)24(38-5)17(43-27)11-40-26-22(36)20(34)19(33)16(42-26)10-39-9-13(31)6-28(2,3)4/h12-27,29-37H,6-11H2,1-5H3/q+1/t12-,13?,14?,15?,16?,17?,18?,19-,20?,21?,22?,23?,24+,25+,26-,27-/m0/s1. The van der Waals surface area contributed by atoms with E-state index in [2.05, 4.69) is 0 Å². The van der Waals surface area contributed by atoms with Crippen molar-refractivity contribution in [1.29, 1.82) is 0 Å². The summed E-state index contributed by atoms with van der Waals surface area (Å²) in [6, 6.07) is 0. The molecule has 0 saturated carbocycles. The molecule has 260 valence electrons. The highest BCUT2D eigenvalue weighted by molar-refractivity contribution is 4.95. The number of aliphatic hydroxyl groups is 9. The molecular weight excluding hydrogens is 594 g/mol. The molecule has 0 bridgehead atoms. The van der Waals surface area contributed by atoms with Crippen molar-refractivity contribution in [2.24, 2.45) is 5.92 Å². The Morgan fingerprint density at radius 3 is 1.93 bits per heavy atom. The average molecular weight is 647 g/mol. The van der Waals surface area contributed by atoms with Gasteiger partial charge in [0.05, 0.1) is 66.4 Å². The number of methoxy groups -OCH3 is 1. The van der Waals surface area contributed by atoms with Crippen LogP contribution in [0.15, 0.2) is 0 Å². The SMILES string of the molecule is CO[C@@H]1C(CO[C@H]2OC(COCC(O)C[N+](C)(C)C)[C@H](O)C(O)C2O)O[C@@H](O[C@@H]2C(CO)O[C@@H](C)C(CO)C2O)C(O)C1O. The highest BCUT2D eigenvalue weighted by Crippen LogP contribution is 2.32. The van der Waals surface area contributed by atoms with Gasteiger partial charge in [0.25, 0.3) is 0 Å². The van der Waals surface area contributed by atoms with Gasteiger partial charge in [0.15, 0.2) is 12.6 Å². The fourth-order valence-electron chi connectivity index (χ4n) is 5.75. The Kier molecular flexibility index (Phi) is 14.1. The zero-order chi connectivity index (χ0) is 32.9. The number of aliphatic hydroxyl groups excluding tert-OH is 9. The van der Waals surface area contributed by atoms with E-state index in [0.29, 0.717) is 11.0 Å². The Labute approximate surface area is 256 Å². The molecule has 3 aliphatic heterocycles. The van der Waals surface area contributed by atoms with Gasteiger partial charge in [-0.05, 0) is 6.92 Å². The van der Waals surface area contributed by atoms with Crippen molar-refractivity contribution < 1.29 is 83.6 Å². The van der Waals surface area contributed by atoms with Crippen LogP contribution in [0.2, 0.25) is 0 Å². The summed E-state index contributed by atoms with van der Waals surface area (Å²) in [7, 11) is 6.98. The number of hydrogen-bond acceptors (Lipinski definition) is 16. The Hall–Kier alpha value is -0.680. The second kappa shape index (κ2) is 16.4. The van der Waals surface area contributed by atoms with E-state index in [1.54, 1.807) is 6.92 Å². The summed E-state index contributed by atoms with van der Waals surface area (Å²) in [6.45, 7) is 0.328. The minimum atomic E-state index is -1.69. The smallest absolute Gasteiger partial charge is 0.187 e. The fourth-order valence-corrected chi connectivity index (χ4v) is 5.75. The zero-order valence-electron chi connectivity index (χ0n) is 25.8. The Balaban J connectivity index is 1.65. The first kappa shape index (κ1) is 37.8. The lowest BCUT2D eigenvalue weighted by atomic mass is 9.87. The number of nitrogens with zero attached hydrogens (tertiary/aromatic N) is 1. The quantitative estimate of drug-likeness (QED) is 0.0799. The highest BCUT2D eigenvalue weighted by atomic mass is 16.7. The van der Waals surface area contributed by atoms with Gasteiger partial charge in [0.1, 0.15) is 73.7 Å². The van der Waals surface area contributed by atoms with E-state index in [-0.39, 0.29) is 13.2 Å². The average Bonchev–Trinajstić information content (AvgIpc) is 2.95. The van der Waals surface area contributed by atoms with Crippen LogP contribution in [-0.2, 0) is 33.2 Å². The maximum Gasteiger partial charge on any atom is 0.187 e. The van der Waals surface area contributed by atoms with Crippen molar-refractivity contribution in [2.75, 3.05) is 67.8 Å². The summed E-state index contributed by atoms with van der Waals surface area (Å²) in [6.07, 6.45) is -19.6. The number of hydrogen-bond donors (Lipinski definition) is 9. The van der Waals surface area contributed by atoms with E-state index in [1.165, 1.54) is 7.11 Å². The minimum Gasteiger partial charge on any atom is -0.396 e. The van der Waals surface area contributed by atoms with Crippen molar-refractivity contribution in [3.8, 4) is 0 Å². The third kappa shape index (κ3) is 9.23. The Morgan fingerprint density at radius 2 is 1.34 bits per heavy atom. The lowest BCUT2D eigenvalue weighted by Gasteiger charge is -2.47. The van der Waals surface area contributed by atoms with E-state index in [0.717, 1.165) is 0 Å². The molecule has 0 radical (unpaired) electrons. The van der Waals surface area contributed by atoms with E-state index < -0.39 is 118 Å². The predicted octanol–water partition coefficient (Wildman–Crippen LogP) is -5.51. The normalized spacial score (nSPS) is 44.5. The van der Waals surface area contributed by atoms with Crippen molar-refractivity contribution in [1.82, 2.24) is 0 Å². The van der Waals surface area contributed by atoms with Gasteiger partial charge in [-0.25, -0.2) is 0 Å². The van der Waals surface area contributed by atoms with Gasteiger partial charge in [0.2, 0.25) is 0 Å². The number of rotatable bonds is 14. The molecule has 16 atom stereocenters. The summed E-state index contributed by atoms with van der Waals surface area (Å²) in [5.41, 5.74) is 0. The maximum absolute atomic E-state index is 10.8. The minimum absolute atomic E-state index is 0.0604. The van der Waals surface area contributed by atoms with E-state index in [4.69, 9.17) is 33.2 Å². The summed E-state index contributed by atoms with van der Waals surface area (Å²) >= 11 is 0. The third-order valence-corrected chi connectivity index (χ3v) is 8.17. The maximum atomic E-state index is 10.8. The van der Waals surface area contributed by atoms with Crippen LogP contribution >= 0.6 is 0 Å². The molecule has 17 heteroatoms. The second-order valence-corrected chi connectivity index (χ2v) is 12.7. The van der Waals surface area contributed by atoms with Crippen LogP contribution in [0.1, 0.15) is 6.92 Å². The summed E-state index contributed by atoms with van der Waals surface area (Å²) < 4.78 is 40.0. The fraction of sp³-hybridized carbons (Fsp3) is 1.00. The molecule has 9 N–H and O–H groups in total. The zero-order valence-corrected chi connectivity index (χ0v) is 25.8. The van der Waals surface area contributed by atoms with E-state index in [1.807, 2.05) is 21.1 Å². The van der Waals surface area contributed by atoms with E-state index in [9.17, 15) is 46.0 Å². The van der Waals surface area contributed by atoms with Gasteiger partial charge in [0, 0.05) is 13.0 Å². The summed E-state index contributed by atoms with van der Waals surface area (Å²) in [5.74, 6) is -0.760. The van der Waals surface area contributed by atoms with Crippen molar-refractivity contribution >= 4 is 0 Å². The van der Waals surface area contributed by atoms with Crippen LogP contribution in [-0.4, -0.2) is 210 Å². The van der Waals surface area contributed by atoms with Crippen LogP contribution in [0.25, 0.3) is 0 Å². The molecule has 3 aliphatic rings. The summed E-state index contributed by atoms with van der Waals surface area (Å²) in [4.78, 5) is 0. The van der Waals surface area contributed by atoms with Gasteiger partial charge < -0.3 is 83.6 Å². The molecule has 3 saturated heterocycles. The van der Waals surface area contributed by atoms with Crippen molar-refractivity contribution in [3.63, 3.8) is 0 Å². The Bertz CT molecular complexity index is 851. The van der Waals surface area contributed by atoms with Gasteiger partial charge in [-0.3, -0.25) is 0 Å². The molecule has 17 nitrogen and oxygen atoms in total. The monoisotopic (exact) mass is 646 g/mol. The first-order chi connectivity index (χ1) is 20.6.